The molecule has 1 heterocycles. The topological polar surface area (TPSA) is 27.6 Å². The minimum absolute atomic E-state index is 0.260. The standard InChI is InChI=1S/C12H17BrF3N3S/c1-3-17-11(18-7-6-12(14,15)16)19(2)8-9-4-5-10(13)20-9/h4-5H,3,6-8H2,1-2H3,(H,17,18). The number of aliphatic imine (C=N–C) groups is 1. The van der Waals surface area contributed by atoms with Gasteiger partial charge in [-0.1, -0.05) is 0 Å². The van der Waals surface area contributed by atoms with E-state index in [2.05, 4.69) is 26.2 Å². The predicted molar refractivity (Wildman–Crippen MR) is 80.1 cm³/mol. The van der Waals surface area contributed by atoms with Crippen LogP contribution in [0.2, 0.25) is 0 Å². The van der Waals surface area contributed by atoms with Gasteiger partial charge in [0.25, 0.3) is 0 Å². The second kappa shape index (κ2) is 7.87. The molecule has 0 fully saturated rings. The highest BCUT2D eigenvalue weighted by Crippen LogP contribution is 2.23. The molecule has 0 amide bonds. The van der Waals surface area contributed by atoms with E-state index in [0.717, 1.165) is 8.66 Å². The molecule has 0 aliphatic heterocycles. The number of alkyl halides is 3. The van der Waals surface area contributed by atoms with Gasteiger partial charge < -0.3 is 10.2 Å². The molecule has 1 N–H and O–H groups in total. The van der Waals surface area contributed by atoms with Crippen molar-refractivity contribution in [3.63, 3.8) is 0 Å². The Hall–Kier alpha value is -0.760. The average molecular weight is 372 g/mol. The van der Waals surface area contributed by atoms with Crippen LogP contribution in [0.15, 0.2) is 20.9 Å². The molecule has 0 saturated carbocycles. The van der Waals surface area contributed by atoms with Gasteiger partial charge >= 0.3 is 6.18 Å². The van der Waals surface area contributed by atoms with Crippen LogP contribution in [0.25, 0.3) is 0 Å². The summed E-state index contributed by atoms with van der Waals surface area (Å²) in [6.45, 7) is 2.84. The fourth-order valence-corrected chi connectivity index (χ4v) is 3.04. The van der Waals surface area contributed by atoms with Crippen LogP contribution in [0.4, 0.5) is 13.2 Å². The first-order valence-corrected chi connectivity index (χ1v) is 7.73. The first-order valence-electron chi connectivity index (χ1n) is 6.12. The van der Waals surface area contributed by atoms with E-state index < -0.39 is 12.6 Å². The molecule has 0 bridgehead atoms. The summed E-state index contributed by atoms with van der Waals surface area (Å²) in [5.74, 6) is 0.487. The zero-order valence-electron chi connectivity index (χ0n) is 11.3. The van der Waals surface area contributed by atoms with Gasteiger partial charge in [0.1, 0.15) is 0 Å². The molecule has 114 valence electrons. The van der Waals surface area contributed by atoms with Crippen LogP contribution in [0.1, 0.15) is 18.2 Å². The molecule has 3 nitrogen and oxygen atoms in total. The zero-order valence-corrected chi connectivity index (χ0v) is 13.7. The molecule has 0 atom stereocenters. The lowest BCUT2D eigenvalue weighted by Crippen LogP contribution is -2.38. The molecule has 0 radical (unpaired) electrons. The van der Waals surface area contributed by atoms with Crippen LogP contribution < -0.4 is 5.32 Å². The molecule has 0 aliphatic carbocycles. The number of thiophene rings is 1. The van der Waals surface area contributed by atoms with E-state index in [1.54, 1.807) is 11.3 Å². The van der Waals surface area contributed by atoms with Crippen LogP contribution in [0.5, 0.6) is 0 Å². The lowest BCUT2D eigenvalue weighted by atomic mass is 10.4. The summed E-state index contributed by atoms with van der Waals surface area (Å²) in [7, 11) is 1.81. The number of guanidine groups is 1. The van der Waals surface area contributed by atoms with Crippen molar-refractivity contribution in [3.05, 3.63) is 20.8 Å². The third-order valence-electron chi connectivity index (χ3n) is 2.38. The predicted octanol–water partition coefficient (Wildman–Crippen LogP) is 3.86. The number of hydrogen-bond donors (Lipinski definition) is 1. The van der Waals surface area contributed by atoms with Crippen molar-refractivity contribution in [1.29, 1.82) is 0 Å². The highest BCUT2D eigenvalue weighted by atomic mass is 79.9. The number of nitrogens with zero attached hydrogens (tertiary/aromatic N) is 2. The Morgan fingerprint density at radius 3 is 2.65 bits per heavy atom. The minimum atomic E-state index is -4.17. The fourth-order valence-electron chi connectivity index (χ4n) is 1.50. The third kappa shape index (κ3) is 6.60. The maximum absolute atomic E-state index is 12.1. The lowest BCUT2D eigenvalue weighted by Gasteiger charge is -2.21. The number of halogens is 4. The second-order valence-electron chi connectivity index (χ2n) is 4.16. The monoisotopic (exact) mass is 371 g/mol. The number of rotatable bonds is 5. The Morgan fingerprint density at radius 1 is 1.45 bits per heavy atom. The van der Waals surface area contributed by atoms with Gasteiger partial charge in [-0.3, -0.25) is 4.99 Å². The summed E-state index contributed by atoms with van der Waals surface area (Å²) in [5, 5.41) is 3.00. The van der Waals surface area contributed by atoms with E-state index in [-0.39, 0.29) is 6.54 Å². The third-order valence-corrected chi connectivity index (χ3v) is 3.98. The van der Waals surface area contributed by atoms with Crippen LogP contribution in [0, 0.1) is 0 Å². The quantitative estimate of drug-likeness (QED) is 0.628. The minimum Gasteiger partial charge on any atom is -0.357 e. The maximum atomic E-state index is 12.1. The van der Waals surface area contributed by atoms with Gasteiger partial charge in [-0.15, -0.1) is 11.3 Å². The van der Waals surface area contributed by atoms with Gasteiger partial charge in [0.05, 0.1) is 23.3 Å². The Morgan fingerprint density at radius 2 is 2.15 bits per heavy atom. The molecule has 1 aromatic heterocycles. The van der Waals surface area contributed by atoms with Crippen molar-refractivity contribution < 1.29 is 13.2 Å². The molecule has 0 spiro atoms. The van der Waals surface area contributed by atoms with Gasteiger partial charge in [0, 0.05) is 18.5 Å². The summed E-state index contributed by atoms with van der Waals surface area (Å²) in [5.41, 5.74) is 0. The fraction of sp³-hybridized carbons (Fsp3) is 0.583. The molecule has 0 aliphatic rings. The molecule has 20 heavy (non-hydrogen) atoms. The summed E-state index contributed by atoms with van der Waals surface area (Å²) < 4.78 is 37.4. The van der Waals surface area contributed by atoms with E-state index in [1.165, 1.54) is 0 Å². The first kappa shape index (κ1) is 17.3. The second-order valence-corrected chi connectivity index (χ2v) is 6.71. The van der Waals surface area contributed by atoms with Crippen molar-refractivity contribution >= 4 is 33.2 Å². The Bertz CT molecular complexity index is 445. The van der Waals surface area contributed by atoms with E-state index >= 15 is 0 Å². The van der Waals surface area contributed by atoms with Gasteiger partial charge in [-0.2, -0.15) is 13.2 Å². The highest BCUT2D eigenvalue weighted by molar-refractivity contribution is 9.11. The van der Waals surface area contributed by atoms with Crippen molar-refractivity contribution in [2.24, 2.45) is 4.99 Å². The van der Waals surface area contributed by atoms with Crippen LogP contribution in [0.3, 0.4) is 0 Å². The van der Waals surface area contributed by atoms with Gasteiger partial charge in [0.2, 0.25) is 0 Å². The Kier molecular flexibility index (Phi) is 6.81. The molecule has 0 aromatic carbocycles. The van der Waals surface area contributed by atoms with E-state index in [0.29, 0.717) is 19.0 Å². The van der Waals surface area contributed by atoms with Crippen molar-refractivity contribution in [3.8, 4) is 0 Å². The molecular weight excluding hydrogens is 355 g/mol. The summed E-state index contributed by atoms with van der Waals surface area (Å²) in [4.78, 5) is 6.94. The largest absolute Gasteiger partial charge is 0.390 e. The van der Waals surface area contributed by atoms with Gasteiger partial charge in [-0.05, 0) is 35.0 Å². The van der Waals surface area contributed by atoms with Crippen molar-refractivity contribution in [2.45, 2.75) is 26.1 Å². The SMILES string of the molecule is CCNC(=NCCC(F)(F)F)N(C)Cc1ccc(Br)s1. The van der Waals surface area contributed by atoms with Gasteiger partial charge in [0.15, 0.2) is 5.96 Å². The summed E-state index contributed by atoms with van der Waals surface area (Å²) >= 11 is 4.97. The summed E-state index contributed by atoms with van der Waals surface area (Å²) in [6, 6.07) is 3.92. The van der Waals surface area contributed by atoms with Gasteiger partial charge in [-0.25, -0.2) is 0 Å². The highest BCUT2D eigenvalue weighted by Gasteiger charge is 2.26. The molecule has 0 unspecified atom stereocenters. The van der Waals surface area contributed by atoms with Crippen molar-refractivity contribution in [1.82, 2.24) is 10.2 Å². The van der Waals surface area contributed by atoms with Crippen molar-refractivity contribution in [2.75, 3.05) is 20.1 Å². The molecule has 0 saturated heterocycles. The summed E-state index contributed by atoms with van der Waals surface area (Å²) in [6.07, 6.45) is -5.07. The van der Waals surface area contributed by atoms with Crippen LogP contribution in [-0.2, 0) is 6.54 Å². The number of nitrogens with one attached hydrogen (secondary N) is 1. The maximum Gasteiger partial charge on any atom is 0.390 e. The van der Waals surface area contributed by atoms with E-state index in [1.807, 2.05) is 31.0 Å². The van der Waals surface area contributed by atoms with Crippen LogP contribution >= 0.6 is 27.3 Å². The first-order chi connectivity index (χ1) is 9.31. The smallest absolute Gasteiger partial charge is 0.357 e. The molecule has 1 aromatic rings. The number of hydrogen-bond acceptors (Lipinski definition) is 2. The van der Waals surface area contributed by atoms with E-state index in [4.69, 9.17) is 0 Å². The molecule has 8 heteroatoms. The Balaban J connectivity index is 2.61. The zero-order chi connectivity index (χ0) is 15.2. The normalized spacial score (nSPS) is 12.6. The Labute approximate surface area is 129 Å². The molecule has 1 rings (SSSR count). The van der Waals surface area contributed by atoms with Crippen LogP contribution in [-0.4, -0.2) is 37.2 Å². The lowest BCUT2D eigenvalue weighted by molar-refractivity contribution is -0.132. The van der Waals surface area contributed by atoms with E-state index in [9.17, 15) is 13.2 Å². The molecular formula is C12H17BrF3N3S. The average Bonchev–Trinajstić information content (AvgIpc) is 2.72.